The summed E-state index contributed by atoms with van der Waals surface area (Å²) in [7, 11) is 0. The molecule has 1 aliphatic heterocycles. The first kappa shape index (κ1) is 22.0. The van der Waals surface area contributed by atoms with Crippen LogP contribution in [0.3, 0.4) is 0 Å². The van der Waals surface area contributed by atoms with Crippen LogP contribution in [0.1, 0.15) is 68.3 Å². The van der Waals surface area contributed by atoms with Crippen LogP contribution in [0.25, 0.3) is 11.3 Å². The minimum absolute atomic E-state index is 0.249. The second kappa shape index (κ2) is 8.31. The van der Waals surface area contributed by atoms with Gasteiger partial charge in [0.25, 0.3) is 0 Å². The lowest BCUT2D eigenvalue weighted by molar-refractivity contribution is -0.120. The van der Waals surface area contributed by atoms with Crippen molar-refractivity contribution in [3.8, 4) is 17.0 Å². The van der Waals surface area contributed by atoms with Crippen LogP contribution in [0.4, 0.5) is 5.69 Å². The molecule has 3 aromatic rings. The Morgan fingerprint density at radius 1 is 1.18 bits per heavy atom. The van der Waals surface area contributed by atoms with Gasteiger partial charge in [-0.3, -0.25) is 4.79 Å². The number of hydrogen-bond donors (Lipinski definition) is 0. The first-order valence-corrected chi connectivity index (χ1v) is 12.8. The van der Waals surface area contributed by atoms with Gasteiger partial charge in [0.1, 0.15) is 23.8 Å². The van der Waals surface area contributed by atoms with E-state index in [2.05, 4.69) is 18.1 Å². The van der Waals surface area contributed by atoms with E-state index < -0.39 is 0 Å². The maximum atomic E-state index is 13.1. The van der Waals surface area contributed by atoms with Gasteiger partial charge in [-0.25, -0.2) is 0 Å². The van der Waals surface area contributed by atoms with Gasteiger partial charge in [0, 0.05) is 23.7 Å². The van der Waals surface area contributed by atoms with Gasteiger partial charge < -0.3 is 14.2 Å². The van der Waals surface area contributed by atoms with E-state index in [0.717, 1.165) is 73.4 Å². The van der Waals surface area contributed by atoms with Crippen LogP contribution in [0.2, 0.25) is 10.0 Å². The maximum absolute atomic E-state index is 13.1. The van der Waals surface area contributed by atoms with E-state index in [4.69, 9.17) is 32.5 Å². The maximum Gasteiger partial charge on any atom is 0.237 e. The zero-order chi connectivity index (χ0) is 23.4. The molecule has 3 aliphatic rings. The largest absolute Gasteiger partial charge is 0.489 e. The number of rotatable bonds is 8. The summed E-state index contributed by atoms with van der Waals surface area (Å²) in [6, 6.07) is 11.5. The van der Waals surface area contributed by atoms with Crippen molar-refractivity contribution >= 4 is 34.8 Å². The number of nitrogens with zero attached hydrogens (tertiary/aromatic N) is 2. The van der Waals surface area contributed by atoms with Gasteiger partial charge in [-0.2, -0.15) is 0 Å². The third kappa shape index (κ3) is 3.52. The van der Waals surface area contributed by atoms with Gasteiger partial charge in [-0.1, -0.05) is 47.8 Å². The quantitative estimate of drug-likeness (QED) is 0.328. The zero-order valence-electron chi connectivity index (χ0n) is 19.1. The highest BCUT2D eigenvalue weighted by atomic mass is 35.5. The van der Waals surface area contributed by atoms with Crippen molar-refractivity contribution in [3.63, 3.8) is 0 Å². The van der Waals surface area contributed by atoms with E-state index in [9.17, 15) is 4.79 Å². The Bertz CT molecular complexity index is 1260. The number of fused-ring (bicyclic) bond motifs is 2. The number of halogens is 2. The molecule has 6 rings (SSSR count). The number of amides is 1. The fourth-order valence-electron chi connectivity index (χ4n) is 5.06. The number of benzene rings is 2. The van der Waals surface area contributed by atoms with Crippen LogP contribution in [0, 0.1) is 0 Å². The molecule has 0 N–H and O–H groups in total. The molecule has 1 amide bonds. The Hall–Kier alpha value is -2.50. The van der Waals surface area contributed by atoms with Gasteiger partial charge in [-0.05, 0) is 68.0 Å². The molecule has 2 aromatic carbocycles. The third-order valence-electron chi connectivity index (χ3n) is 7.26. The number of carbonyl (C=O) groups is 1. The van der Waals surface area contributed by atoms with Crippen molar-refractivity contribution < 1.29 is 14.1 Å². The van der Waals surface area contributed by atoms with Crippen molar-refractivity contribution in [2.75, 3.05) is 11.4 Å². The lowest BCUT2D eigenvalue weighted by Crippen LogP contribution is -2.32. The molecule has 0 saturated heterocycles. The number of aromatic nitrogens is 1. The molecule has 1 spiro atoms. The summed E-state index contributed by atoms with van der Waals surface area (Å²) >= 11 is 13.0. The Balaban J connectivity index is 1.31. The second-order valence-electron chi connectivity index (χ2n) is 9.60. The van der Waals surface area contributed by atoms with Gasteiger partial charge in [-0.15, -0.1) is 0 Å². The third-order valence-corrected chi connectivity index (χ3v) is 7.89. The number of carbonyl (C=O) groups excluding carboxylic acids is 1. The van der Waals surface area contributed by atoms with Crippen LogP contribution in [0.5, 0.6) is 5.75 Å². The van der Waals surface area contributed by atoms with E-state index in [-0.39, 0.29) is 11.3 Å². The van der Waals surface area contributed by atoms with E-state index >= 15 is 0 Å². The predicted octanol–water partition coefficient (Wildman–Crippen LogP) is 7.28. The molecule has 1 aromatic heterocycles. The van der Waals surface area contributed by atoms with Crippen molar-refractivity contribution in [2.45, 2.75) is 63.4 Å². The minimum Gasteiger partial charge on any atom is -0.489 e. The summed E-state index contributed by atoms with van der Waals surface area (Å²) in [6.45, 7) is 3.22. The fourth-order valence-corrected chi connectivity index (χ4v) is 5.63. The number of anilines is 1. The van der Waals surface area contributed by atoms with E-state index in [1.165, 1.54) is 0 Å². The number of unbranched alkanes of at least 4 members (excludes halogenated alkanes) is 1. The average molecular weight is 497 g/mol. The lowest BCUT2D eigenvalue weighted by Gasteiger charge is -2.17. The molecule has 0 radical (unpaired) electrons. The van der Waals surface area contributed by atoms with E-state index in [0.29, 0.717) is 33.8 Å². The molecule has 34 heavy (non-hydrogen) atoms. The number of hydrogen-bond acceptors (Lipinski definition) is 4. The fraction of sp³-hybridized carbons (Fsp3) is 0.407. The SMILES string of the molecule is CCCCN1C(=O)C2(CC2)c2cc(OCc3c(-c4c(Cl)cccc4Cl)noc3C3CC3)ccc21. The van der Waals surface area contributed by atoms with Gasteiger partial charge >= 0.3 is 0 Å². The van der Waals surface area contributed by atoms with Crippen molar-refractivity contribution in [1.82, 2.24) is 5.16 Å². The Labute approximate surface area is 209 Å². The summed E-state index contributed by atoms with van der Waals surface area (Å²) in [4.78, 5) is 15.1. The highest BCUT2D eigenvalue weighted by Crippen LogP contribution is 2.58. The molecule has 0 atom stereocenters. The first-order valence-electron chi connectivity index (χ1n) is 12.1. The van der Waals surface area contributed by atoms with Crippen LogP contribution >= 0.6 is 23.2 Å². The molecule has 2 aliphatic carbocycles. The molecule has 0 unspecified atom stereocenters. The zero-order valence-corrected chi connectivity index (χ0v) is 20.6. The highest BCUT2D eigenvalue weighted by Gasteiger charge is 2.59. The van der Waals surface area contributed by atoms with E-state index in [1.54, 1.807) is 12.1 Å². The van der Waals surface area contributed by atoms with Gasteiger partial charge in [0.05, 0.1) is 21.0 Å². The molecule has 2 fully saturated rings. The molecule has 7 heteroatoms. The molecule has 5 nitrogen and oxygen atoms in total. The Morgan fingerprint density at radius 3 is 2.62 bits per heavy atom. The van der Waals surface area contributed by atoms with Crippen LogP contribution < -0.4 is 9.64 Å². The summed E-state index contributed by atoms with van der Waals surface area (Å²) in [5.41, 5.74) is 4.00. The smallest absolute Gasteiger partial charge is 0.237 e. The summed E-state index contributed by atoms with van der Waals surface area (Å²) < 4.78 is 12.0. The predicted molar refractivity (Wildman–Crippen MR) is 133 cm³/mol. The van der Waals surface area contributed by atoms with Crippen LogP contribution in [-0.2, 0) is 16.8 Å². The lowest BCUT2D eigenvalue weighted by atomic mass is 9.98. The molecular weight excluding hydrogens is 471 g/mol. The van der Waals surface area contributed by atoms with E-state index in [1.807, 2.05) is 23.1 Å². The second-order valence-corrected chi connectivity index (χ2v) is 10.4. The van der Waals surface area contributed by atoms with Crippen molar-refractivity contribution in [2.24, 2.45) is 0 Å². The topological polar surface area (TPSA) is 55.6 Å². The van der Waals surface area contributed by atoms with Crippen molar-refractivity contribution in [1.29, 1.82) is 0 Å². The number of ether oxygens (including phenoxy) is 1. The monoisotopic (exact) mass is 496 g/mol. The molecule has 2 heterocycles. The Morgan fingerprint density at radius 2 is 1.94 bits per heavy atom. The highest BCUT2D eigenvalue weighted by molar-refractivity contribution is 6.39. The summed E-state index contributed by atoms with van der Waals surface area (Å²) in [6.07, 6.45) is 6.05. The van der Waals surface area contributed by atoms with Gasteiger partial charge in [0.15, 0.2) is 0 Å². The Kier molecular flexibility index (Phi) is 5.38. The van der Waals surface area contributed by atoms with Crippen molar-refractivity contribution in [3.05, 3.63) is 63.3 Å². The molecule has 2 saturated carbocycles. The van der Waals surface area contributed by atoms with Crippen LogP contribution in [0.15, 0.2) is 40.9 Å². The first-order chi connectivity index (χ1) is 16.5. The van der Waals surface area contributed by atoms with Gasteiger partial charge in [0.2, 0.25) is 5.91 Å². The molecule has 176 valence electrons. The summed E-state index contributed by atoms with van der Waals surface area (Å²) in [5, 5.41) is 5.41. The minimum atomic E-state index is -0.338. The summed E-state index contributed by atoms with van der Waals surface area (Å²) in [5.74, 6) is 2.21. The standard InChI is InChI=1S/C27H26Cl2N2O3/c1-2-3-13-31-22-10-9-17(14-19(22)27(11-12-27)26(31)32)33-15-18-24(30-34-25(18)16-7-8-16)23-20(28)5-4-6-21(23)29/h4-6,9-10,14,16H,2-3,7-8,11-13,15H2,1H3. The average Bonchev–Trinajstić information content (AvgIpc) is 3.75. The normalized spacial score (nSPS) is 18.0. The van der Waals surface area contributed by atoms with Crippen LogP contribution in [-0.4, -0.2) is 17.6 Å². The molecular formula is C27H26Cl2N2O3. The molecule has 0 bridgehead atoms.